The highest BCUT2D eigenvalue weighted by molar-refractivity contribution is 7.90. The molecule has 8 nitrogen and oxygen atoms in total. The van der Waals surface area contributed by atoms with E-state index in [1.54, 1.807) is 36.6 Å². The zero-order chi connectivity index (χ0) is 24.8. The molecule has 0 aliphatic rings. The van der Waals surface area contributed by atoms with Crippen LogP contribution in [0.5, 0.6) is 0 Å². The molecule has 0 fully saturated rings. The van der Waals surface area contributed by atoms with E-state index in [0.717, 1.165) is 4.88 Å². The van der Waals surface area contributed by atoms with Gasteiger partial charge in [0.1, 0.15) is 17.3 Å². The van der Waals surface area contributed by atoms with Gasteiger partial charge in [-0.25, -0.2) is 18.4 Å². The lowest BCUT2D eigenvalue weighted by Crippen LogP contribution is -2.30. The largest absolute Gasteiger partial charge is 0.320 e. The summed E-state index contributed by atoms with van der Waals surface area (Å²) >= 11 is 2.70. The van der Waals surface area contributed by atoms with Gasteiger partial charge in [0.05, 0.1) is 9.77 Å². The molecule has 11 heteroatoms. The van der Waals surface area contributed by atoms with Crippen molar-refractivity contribution in [3.63, 3.8) is 0 Å². The average molecular weight is 525 g/mol. The predicted molar refractivity (Wildman–Crippen MR) is 137 cm³/mol. The van der Waals surface area contributed by atoms with E-state index in [1.807, 2.05) is 17.5 Å². The normalized spacial score (nSPS) is 11.7. The zero-order valence-electron chi connectivity index (χ0n) is 18.5. The minimum Gasteiger partial charge on any atom is -0.320 e. The number of thiophene rings is 2. The Morgan fingerprint density at radius 3 is 2.40 bits per heavy atom. The second-order valence-electron chi connectivity index (χ2n) is 7.36. The number of rotatable bonds is 8. The molecule has 0 saturated carbocycles. The van der Waals surface area contributed by atoms with Crippen molar-refractivity contribution >= 4 is 56.1 Å². The highest BCUT2D eigenvalue weighted by Gasteiger charge is 2.20. The summed E-state index contributed by atoms with van der Waals surface area (Å²) < 4.78 is 25.6. The number of carbonyl (C=O) groups excluding carboxylic acids is 2. The Bertz CT molecular complexity index is 1460. The van der Waals surface area contributed by atoms with Gasteiger partial charge in [0.2, 0.25) is 0 Å². The van der Waals surface area contributed by atoms with Gasteiger partial charge in [-0.2, -0.15) is 0 Å². The third-order valence-corrected chi connectivity index (χ3v) is 8.11. The van der Waals surface area contributed by atoms with Gasteiger partial charge in [0, 0.05) is 23.0 Å². The van der Waals surface area contributed by atoms with E-state index >= 15 is 0 Å². The van der Waals surface area contributed by atoms with E-state index < -0.39 is 15.7 Å². The monoisotopic (exact) mass is 524 g/mol. The summed E-state index contributed by atoms with van der Waals surface area (Å²) in [5, 5.41) is 9.09. The number of aromatic nitrogens is 2. The summed E-state index contributed by atoms with van der Waals surface area (Å²) in [4.78, 5) is 35.0. The Morgan fingerprint density at radius 1 is 1.00 bits per heavy atom. The summed E-state index contributed by atoms with van der Waals surface area (Å²) in [5.41, 5.74) is 1.05. The molecule has 1 aromatic carbocycles. The third kappa shape index (κ3) is 6.27. The Balaban J connectivity index is 1.54. The average Bonchev–Trinajstić information content (AvgIpc) is 3.55. The maximum atomic E-state index is 13.1. The molecule has 0 aliphatic heterocycles. The third-order valence-electron chi connectivity index (χ3n) is 4.81. The number of sulfone groups is 1. The topological polar surface area (TPSA) is 118 Å². The molecule has 3 aromatic heterocycles. The standard InChI is InChI=1S/C24H20N4O4S3/c1-16-13-18(35(31,32)15-22-25-9-4-10-26-22)7-8-19(16)27-23(29)20(14-17-5-2-11-33-17)28-24(30)21-6-3-12-34-21/h2-14H,15H2,1H3,(H,27,29)(H,28,30)/b20-14+. The number of carbonyl (C=O) groups is 2. The van der Waals surface area contributed by atoms with Crippen LogP contribution in [0.15, 0.2) is 82.3 Å². The molecule has 0 aliphatic carbocycles. The fourth-order valence-electron chi connectivity index (χ4n) is 3.08. The van der Waals surface area contributed by atoms with Crippen molar-refractivity contribution < 1.29 is 18.0 Å². The first kappa shape index (κ1) is 24.5. The lowest BCUT2D eigenvalue weighted by Gasteiger charge is -2.13. The lowest BCUT2D eigenvalue weighted by molar-refractivity contribution is -0.113. The van der Waals surface area contributed by atoms with Gasteiger partial charge in [0.25, 0.3) is 11.8 Å². The van der Waals surface area contributed by atoms with Crippen molar-refractivity contribution in [3.8, 4) is 0 Å². The Kier molecular flexibility index (Phi) is 7.49. The second kappa shape index (κ2) is 10.7. The summed E-state index contributed by atoms with van der Waals surface area (Å²) in [6, 6.07) is 13.1. The van der Waals surface area contributed by atoms with Crippen molar-refractivity contribution in [2.75, 3.05) is 5.32 Å². The Labute approximate surface area is 210 Å². The number of aryl methyl sites for hydroxylation is 1. The minimum atomic E-state index is -3.68. The van der Waals surface area contributed by atoms with E-state index in [1.165, 1.54) is 53.3 Å². The predicted octanol–water partition coefficient (Wildman–Crippen LogP) is 4.29. The number of hydrogen-bond donors (Lipinski definition) is 2. The molecular formula is C24H20N4O4S3. The molecule has 2 N–H and O–H groups in total. The van der Waals surface area contributed by atoms with Gasteiger partial charge in [-0.1, -0.05) is 12.1 Å². The SMILES string of the molecule is Cc1cc(S(=O)(=O)Cc2ncccn2)ccc1NC(=O)/C(=C\c1cccs1)NC(=O)c1cccs1. The highest BCUT2D eigenvalue weighted by atomic mass is 32.2. The van der Waals surface area contributed by atoms with Crippen LogP contribution in [0.1, 0.15) is 25.9 Å². The Morgan fingerprint density at radius 2 is 1.74 bits per heavy atom. The van der Waals surface area contributed by atoms with Crippen LogP contribution in [0.4, 0.5) is 5.69 Å². The van der Waals surface area contributed by atoms with Crippen molar-refractivity contribution in [1.29, 1.82) is 0 Å². The zero-order valence-corrected chi connectivity index (χ0v) is 20.9. The number of anilines is 1. The van der Waals surface area contributed by atoms with Crippen LogP contribution in [0.25, 0.3) is 6.08 Å². The van der Waals surface area contributed by atoms with Gasteiger partial charge in [-0.15, -0.1) is 22.7 Å². The molecule has 0 radical (unpaired) electrons. The molecule has 0 atom stereocenters. The van der Waals surface area contributed by atoms with Crippen LogP contribution in [0, 0.1) is 6.92 Å². The molecule has 4 rings (SSSR count). The van der Waals surface area contributed by atoms with E-state index in [9.17, 15) is 18.0 Å². The summed E-state index contributed by atoms with van der Waals surface area (Å²) in [6.07, 6.45) is 4.57. The van der Waals surface area contributed by atoms with Gasteiger partial charge >= 0.3 is 0 Å². The van der Waals surface area contributed by atoms with Crippen LogP contribution in [-0.2, 0) is 20.4 Å². The molecule has 35 heavy (non-hydrogen) atoms. The van der Waals surface area contributed by atoms with Crippen LogP contribution >= 0.6 is 22.7 Å². The smallest absolute Gasteiger partial charge is 0.272 e. The quantitative estimate of drug-likeness (QED) is 0.332. The second-order valence-corrected chi connectivity index (χ2v) is 11.3. The van der Waals surface area contributed by atoms with Gasteiger partial charge in [0.15, 0.2) is 9.84 Å². The molecule has 2 amide bonds. The minimum absolute atomic E-state index is 0.0724. The fraction of sp³-hybridized carbons (Fsp3) is 0.0833. The molecule has 0 spiro atoms. The summed E-state index contributed by atoms with van der Waals surface area (Å²) in [7, 11) is -3.68. The fourth-order valence-corrected chi connectivity index (χ4v) is 5.65. The van der Waals surface area contributed by atoms with Crippen molar-refractivity contribution in [2.24, 2.45) is 0 Å². The van der Waals surface area contributed by atoms with Crippen molar-refractivity contribution in [1.82, 2.24) is 15.3 Å². The van der Waals surface area contributed by atoms with Crippen LogP contribution in [0.2, 0.25) is 0 Å². The van der Waals surface area contributed by atoms with Gasteiger partial charge < -0.3 is 10.6 Å². The highest BCUT2D eigenvalue weighted by Crippen LogP contribution is 2.23. The number of hydrogen-bond acceptors (Lipinski definition) is 8. The lowest BCUT2D eigenvalue weighted by atomic mass is 10.2. The molecule has 0 saturated heterocycles. The van der Waals surface area contributed by atoms with Gasteiger partial charge in [-0.05, 0) is 65.7 Å². The van der Waals surface area contributed by atoms with E-state index in [2.05, 4.69) is 20.6 Å². The molecular weight excluding hydrogens is 504 g/mol. The number of nitrogens with zero attached hydrogens (tertiary/aromatic N) is 2. The van der Waals surface area contributed by atoms with Crippen molar-refractivity contribution in [2.45, 2.75) is 17.6 Å². The maximum Gasteiger partial charge on any atom is 0.272 e. The maximum absolute atomic E-state index is 13.1. The number of benzene rings is 1. The first-order valence-electron chi connectivity index (χ1n) is 10.3. The van der Waals surface area contributed by atoms with E-state index in [-0.39, 0.29) is 28.1 Å². The molecule has 0 bridgehead atoms. The summed E-state index contributed by atoms with van der Waals surface area (Å²) in [5.74, 6) is -1.05. The molecule has 0 unspecified atom stereocenters. The molecule has 3 heterocycles. The van der Waals surface area contributed by atoms with E-state index in [4.69, 9.17) is 0 Å². The first-order valence-corrected chi connectivity index (χ1v) is 13.7. The van der Waals surface area contributed by atoms with Crippen molar-refractivity contribution in [3.05, 3.63) is 98.5 Å². The molecule has 4 aromatic rings. The molecule has 178 valence electrons. The van der Waals surface area contributed by atoms with Crippen LogP contribution < -0.4 is 10.6 Å². The first-order chi connectivity index (χ1) is 16.8. The summed E-state index contributed by atoms with van der Waals surface area (Å²) in [6.45, 7) is 1.69. The van der Waals surface area contributed by atoms with Crippen LogP contribution in [0.3, 0.4) is 0 Å². The van der Waals surface area contributed by atoms with Gasteiger partial charge in [-0.3, -0.25) is 9.59 Å². The Hall–Kier alpha value is -3.67. The van der Waals surface area contributed by atoms with E-state index in [0.29, 0.717) is 16.1 Å². The number of amides is 2. The number of nitrogens with one attached hydrogen (secondary N) is 2. The van der Waals surface area contributed by atoms with Crippen LogP contribution in [-0.4, -0.2) is 30.2 Å².